The lowest BCUT2D eigenvalue weighted by atomic mass is 9.84. The number of carbonyl (C=O) groups is 3. The Bertz CT molecular complexity index is 668. The maximum atomic E-state index is 11.6. The number of hydrogen-bond donors (Lipinski definition) is 0. The molecular weight excluding hydrogens is 349 g/mol. The van der Waals surface area contributed by atoms with E-state index in [4.69, 9.17) is 14.0 Å². The molecule has 1 fully saturated rings. The Labute approximate surface area is 159 Å². The molecule has 0 amide bonds. The van der Waals surface area contributed by atoms with Crippen LogP contribution in [0.1, 0.15) is 29.3 Å². The Morgan fingerprint density at radius 3 is 2.37 bits per heavy atom. The normalized spacial score (nSPS) is 15.9. The first-order chi connectivity index (χ1) is 13.0. The minimum atomic E-state index is -0.876. The van der Waals surface area contributed by atoms with Crippen molar-refractivity contribution in [2.75, 3.05) is 26.7 Å². The summed E-state index contributed by atoms with van der Waals surface area (Å²) < 4.78 is 15.2. The maximum absolute atomic E-state index is 11.6. The molecule has 0 radical (unpaired) electrons. The fraction of sp³-hybridized carbons (Fsp3) is 0.421. The standard InChI is InChI=1S/C19H24BNO6/c1-3-25-19(24)16-10-8-15(9-11-16)7-5-4-6-12-20-26-17(22)13-21(2)14-18(23)27-20/h4,6,8-11H,3,5,7,12-14H2,1-2H3/b6-4+. The van der Waals surface area contributed by atoms with Gasteiger partial charge in [0.25, 0.3) is 0 Å². The van der Waals surface area contributed by atoms with Crippen LogP contribution in [0.3, 0.4) is 0 Å². The highest BCUT2D eigenvalue weighted by atomic mass is 16.6. The molecule has 0 saturated carbocycles. The van der Waals surface area contributed by atoms with Crippen LogP contribution in [0.2, 0.25) is 6.32 Å². The predicted molar refractivity (Wildman–Crippen MR) is 100 cm³/mol. The van der Waals surface area contributed by atoms with Crippen LogP contribution in [0.25, 0.3) is 0 Å². The van der Waals surface area contributed by atoms with Crippen LogP contribution in [0, 0.1) is 0 Å². The largest absolute Gasteiger partial charge is 0.602 e. The fourth-order valence-corrected chi connectivity index (χ4v) is 2.58. The Hall–Kier alpha value is -2.61. The van der Waals surface area contributed by atoms with E-state index in [0.717, 1.165) is 18.4 Å². The average molecular weight is 373 g/mol. The third kappa shape index (κ3) is 7.26. The molecule has 0 aliphatic carbocycles. The molecule has 1 aromatic carbocycles. The quantitative estimate of drug-likeness (QED) is 0.410. The molecular formula is C19H24BNO6. The van der Waals surface area contributed by atoms with Crippen molar-refractivity contribution in [2.24, 2.45) is 0 Å². The minimum absolute atomic E-state index is 0.0666. The second-order valence-corrected chi connectivity index (χ2v) is 6.24. The summed E-state index contributed by atoms with van der Waals surface area (Å²) in [4.78, 5) is 36.4. The van der Waals surface area contributed by atoms with Gasteiger partial charge in [-0.2, -0.15) is 0 Å². The number of ether oxygens (including phenoxy) is 1. The molecule has 2 rings (SSSR count). The van der Waals surface area contributed by atoms with E-state index in [0.29, 0.717) is 18.5 Å². The van der Waals surface area contributed by atoms with Gasteiger partial charge in [-0.1, -0.05) is 24.3 Å². The SMILES string of the molecule is CCOC(=O)c1ccc(CC/C=C/CB2OC(=O)CN(C)CC(=O)O2)cc1. The number of benzene rings is 1. The van der Waals surface area contributed by atoms with Gasteiger partial charge >= 0.3 is 25.0 Å². The molecule has 1 heterocycles. The van der Waals surface area contributed by atoms with Gasteiger partial charge in [0.2, 0.25) is 0 Å². The zero-order valence-electron chi connectivity index (χ0n) is 15.7. The Balaban J connectivity index is 1.76. The number of rotatable bonds is 7. The molecule has 144 valence electrons. The van der Waals surface area contributed by atoms with Crippen LogP contribution >= 0.6 is 0 Å². The molecule has 0 N–H and O–H groups in total. The fourth-order valence-electron chi connectivity index (χ4n) is 2.58. The number of carbonyl (C=O) groups excluding carboxylic acids is 3. The first kappa shape index (κ1) is 20.7. The topological polar surface area (TPSA) is 82.1 Å². The molecule has 27 heavy (non-hydrogen) atoms. The van der Waals surface area contributed by atoms with Gasteiger partial charge in [0.05, 0.1) is 25.3 Å². The molecule has 1 aromatic rings. The van der Waals surface area contributed by atoms with Gasteiger partial charge in [-0.15, -0.1) is 0 Å². The van der Waals surface area contributed by atoms with Gasteiger partial charge in [0, 0.05) is 6.32 Å². The number of hydrogen-bond acceptors (Lipinski definition) is 7. The van der Waals surface area contributed by atoms with E-state index in [2.05, 4.69) is 0 Å². The van der Waals surface area contributed by atoms with Crippen LogP contribution in [0.4, 0.5) is 0 Å². The number of esters is 1. The van der Waals surface area contributed by atoms with Crippen molar-refractivity contribution < 1.29 is 28.4 Å². The number of likely N-dealkylation sites (N-methyl/N-ethyl adjacent to an activating group) is 1. The van der Waals surface area contributed by atoms with Crippen LogP contribution in [0.15, 0.2) is 36.4 Å². The second-order valence-electron chi connectivity index (χ2n) is 6.24. The zero-order chi connectivity index (χ0) is 19.6. The Morgan fingerprint density at radius 2 is 1.78 bits per heavy atom. The monoisotopic (exact) mass is 373 g/mol. The lowest BCUT2D eigenvalue weighted by Crippen LogP contribution is -2.42. The van der Waals surface area contributed by atoms with Gasteiger partial charge in [-0.3, -0.25) is 14.5 Å². The van der Waals surface area contributed by atoms with Crippen molar-refractivity contribution in [2.45, 2.75) is 26.1 Å². The first-order valence-electron chi connectivity index (χ1n) is 8.96. The summed E-state index contributed by atoms with van der Waals surface area (Å²) in [5, 5.41) is 0. The molecule has 7 nitrogen and oxygen atoms in total. The molecule has 0 spiro atoms. The summed E-state index contributed by atoms with van der Waals surface area (Å²) in [6.07, 6.45) is 5.68. The summed E-state index contributed by atoms with van der Waals surface area (Å²) in [6.45, 7) is 2.26. The van der Waals surface area contributed by atoms with E-state index in [1.807, 2.05) is 24.3 Å². The van der Waals surface area contributed by atoms with E-state index in [9.17, 15) is 14.4 Å². The zero-order valence-corrected chi connectivity index (χ0v) is 15.7. The van der Waals surface area contributed by atoms with E-state index in [-0.39, 0.29) is 19.1 Å². The summed E-state index contributed by atoms with van der Waals surface area (Å²) in [7, 11) is 0.779. The summed E-state index contributed by atoms with van der Waals surface area (Å²) in [6, 6.07) is 7.30. The summed E-state index contributed by atoms with van der Waals surface area (Å²) >= 11 is 0. The van der Waals surface area contributed by atoms with Gasteiger partial charge < -0.3 is 14.0 Å². The van der Waals surface area contributed by atoms with E-state index >= 15 is 0 Å². The minimum Gasteiger partial charge on any atom is -0.498 e. The lowest BCUT2D eigenvalue weighted by molar-refractivity contribution is -0.145. The van der Waals surface area contributed by atoms with Crippen molar-refractivity contribution in [3.63, 3.8) is 0 Å². The second kappa shape index (κ2) is 10.5. The highest BCUT2D eigenvalue weighted by molar-refractivity contribution is 6.49. The van der Waals surface area contributed by atoms with Crippen molar-refractivity contribution in [1.29, 1.82) is 0 Å². The molecule has 0 aromatic heterocycles. The molecule has 1 aliphatic heterocycles. The van der Waals surface area contributed by atoms with E-state index < -0.39 is 19.1 Å². The predicted octanol–water partition coefficient (Wildman–Crippen LogP) is 1.87. The highest BCUT2D eigenvalue weighted by Gasteiger charge is 2.30. The molecule has 0 atom stereocenters. The molecule has 8 heteroatoms. The number of allylic oxidation sites excluding steroid dienone is 2. The van der Waals surface area contributed by atoms with Crippen molar-refractivity contribution in [3.05, 3.63) is 47.5 Å². The number of nitrogens with zero attached hydrogens (tertiary/aromatic N) is 1. The molecule has 0 unspecified atom stereocenters. The molecule has 1 aliphatic rings. The van der Waals surface area contributed by atoms with Gasteiger partial charge in [0.1, 0.15) is 0 Å². The van der Waals surface area contributed by atoms with Gasteiger partial charge in [-0.25, -0.2) is 4.79 Å². The van der Waals surface area contributed by atoms with Gasteiger partial charge in [-0.05, 0) is 44.5 Å². The van der Waals surface area contributed by atoms with E-state index in [1.165, 1.54) is 0 Å². The number of aryl methyl sites for hydroxylation is 1. The third-order valence-corrected chi connectivity index (χ3v) is 3.88. The van der Waals surface area contributed by atoms with E-state index in [1.54, 1.807) is 31.0 Å². The van der Waals surface area contributed by atoms with Crippen LogP contribution in [-0.2, 0) is 30.1 Å². The highest BCUT2D eigenvalue weighted by Crippen LogP contribution is 2.10. The Kier molecular flexibility index (Phi) is 8.07. The first-order valence-corrected chi connectivity index (χ1v) is 8.96. The summed E-state index contributed by atoms with van der Waals surface area (Å²) in [5.74, 6) is -1.14. The van der Waals surface area contributed by atoms with Crippen molar-refractivity contribution in [1.82, 2.24) is 4.90 Å². The Morgan fingerprint density at radius 1 is 1.15 bits per heavy atom. The lowest BCUT2D eigenvalue weighted by Gasteiger charge is -2.21. The van der Waals surface area contributed by atoms with Crippen molar-refractivity contribution in [3.8, 4) is 0 Å². The summed E-state index contributed by atoms with van der Waals surface area (Å²) in [5.41, 5.74) is 1.63. The molecule has 1 saturated heterocycles. The average Bonchev–Trinajstić information content (AvgIpc) is 2.60. The third-order valence-electron chi connectivity index (χ3n) is 3.88. The van der Waals surface area contributed by atoms with Crippen LogP contribution < -0.4 is 0 Å². The van der Waals surface area contributed by atoms with Gasteiger partial charge in [0.15, 0.2) is 0 Å². The smallest absolute Gasteiger partial charge is 0.498 e. The van der Waals surface area contributed by atoms with Crippen LogP contribution in [-0.4, -0.2) is 56.7 Å². The van der Waals surface area contributed by atoms with Crippen molar-refractivity contribution >= 4 is 25.0 Å². The maximum Gasteiger partial charge on any atom is 0.602 e. The van der Waals surface area contributed by atoms with Crippen LogP contribution in [0.5, 0.6) is 0 Å². The molecule has 0 bridgehead atoms.